The maximum Gasteiger partial charge on any atom is 0.331 e. The Bertz CT molecular complexity index is 767. The first-order valence-electron chi connectivity index (χ1n) is 9.49. The summed E-state index contributed by atoms with van der Waals surface area (Å²) in [6.45, 7) is 10.7. The summed E-state index contributed by atoms with van der Waals surface area (Å²) in [7, 11) is 0. The van der Waals surface area contributed by atoms with E-state index in [4.69, 9.17) is 9.47 Å². The molecule has 0 radical (unpaired) electrons. The summed E-state index contributed by atoms with van der Waals surface area (Å²) in [5.41, 5.74) is 3.56. The SMILES string of the molecule is CCOC(=O)/C=C(/C=C/C1=CC(C)(C)COc2ccc(C(C)O)cc21)CC. The van der Waals surface area contributed by atoms with Gasteiger partial charge in [0.2, 0.25) is 0 Å². The summed E-state index contributed by atoms with van der Waals surface area (Å²) in [6, 6.07) is 5.77. The molecule has 1 aromatic rings. The lowest BCUT2D eigenvalue weighted by atomic mass is 9.89. The van der Waals surface area contributed by atoms with E-state index in [1.807, 2.05) is 37.3 Å². The van der Waals surface area contributed by atoms with E-state index in [9.17, 15) is 9.90 Å². The number of hydrogen-bond acceptors (Lipinski definition) is 4. The second-order valence-electron chi connectivity index (χ2n) is 7.47. The summed E-state index contributed by atoms with van der Waals surface area (Å²) in [4.78, 5) is 11.7. The molecule has 1 N–H and O–H groups in total. The summed E-state index contributed by atoms with van der Waals surface area (Å²) in [6.07, 6.45) is 7.85. The zero-order valence-electron chi connectivity index (χ0n) is 16.9. The van der Waals surface area contributed by atoms with Gasteiger partial charge in [0.25, 0.3) is 0 Å². The minimum Gasteiger partial charge on any atom is -0.492 e. The molecule has 1 aliphatic heterocycles. The van der Waals surface area contributed by atoms with Crippen LogP contribution >= 0.6 is 0 Å². The standard InChI is InChI=1S/C23H30O4/c1-6-17(12-22(25)26-7-2)8-9-19-14-23(4,5)15-27-21-11-10-18(16(3)24)13-20(19)21/h8-14,16,24H,6-7,15H2,1-5H3/b9-8+,17-12+. The number of fused-ring (bicyclic) bond motifs is 1. The van der Waals surface area contributed by atoms with Gasteiger partial charge in [0.1, 0.15) is 5.75 Å². The van der Waals surface area contributed by atoms with Crippen molar-refractivity contribution in [2.45, 2.75) is 47.1 Å². The van der Waals surface area contributed by atoms with E-state index in [1.165, 1.54) is 6.08 Å². The van der Waals surface area contributed by atoms with Crippen LogP contribution in [0.5, 0.6) is 5.75 Å². The third-order valence-corrected chi connectivity index (χ3v) is 4.42. The number of aliphatic hydroxyl groups is 1. The molecule has 2 rings (SSSR count). The molecule has 1 atom stereocenters. The fraction of sp³-hybridized carbons (Fsp3) is 0.435. The summed E-state index contributed by atoms with van der Waals surface area (Å²) >= 11 is 0. The topological polar surface area (TPSA) is 55.8 Å². The molecule has 1 aliphatic rings. The van der Waals surface area contributed by atoms with Gasteiger partial charge in [-0.2, -0.15) is 0 Å². The van der Waals surface area contributed by atoms with Crippen molar-refractivity contribution in [2.24, 2.45) is 5.41 Å². The quantitative estimate of drug-likeness (QED) is 0.435. The van der Waals surface area contributed by atoms with Crippen LogP contribution in [0.2, 0.25) is 0 Å². The Kier molecular flexibility index (Phi) is 7.03. The molecule has 1 unspecified atom stereocenters. The van der Waals surface area contributed by atoms with Crippen molar-refractivity contribution in [3.05, 3.63) is 59.2 Å². The zero-order valence-corrected chi connectivity index (χ0v) is 16.9. The van der Waals surface area contributed by atoms with Gasteiger partial charge in [0.15, 0.2) is 0 Å². The molecule has 0 bridgehead atoms. The van der Waals surface area contributed by atoms with Crippen molar-refractivity contribution in [3.63, 3.8) is 0 Å². The highest BCUT2D eigenvalue weighted by atomic mass is 16.5. The monoisotopic (exact) mass is 370 g/mol. The second-order valence-corrected chi connectivity index (χ2v) is 7.47. The highest BCUT2D eigenvalue weighted by molar-refractivity contribution is 5.84. The smallest absolute Gasteiger partial charge is 0.331 e. The van der Waals surface area contributed by atoms with Gasteiger partial charge in [-0.25, -0.2) is 4.79 Å². The van der Waals surface area contributed by atoms with Gasteiger partial charge in [-0.3, -0.25) is 0 Å². The van der Waals surface area contributed by atoms with E-state index in [0.717, 1.165) is 34.4 Å². The van der Waals surface area contributed by atoms with Gasteiger partial charge in [-0.1, -0.05) is 45.1 Å². The molecule has 0 fully saturated rings. The lowest BCUT2D eigenvalue weighted by molar-refractivity contribution is -0.137. The number of hydrogen-bond donors (Lipinski definition) is 1. The first-order valence-corrected chi connectivity index (χ1v) is 9.49. The van der Waals surface area contributed by atoms with Crippen molar-refractivity contribution in [2.75, 3.05) is 13.2 Å². The highest BCUT2D eigenvalue weighted by Gasteiger charge is 2.23. The molecule has 0 saturated carbocycles. The number of ether oxygens (including phenoxy) is 2. The predicted octanol–water partition coefficient (Wildman–Crippen LogP) is 5.00. The average Bonchev–Trinajstić information content (AvgIpc) is 2.74. The Hall–Kier alpha value is -2.33. The second kappa shape index (κ2) is 9.05. The predicted molar refractivity (Wildman–Crippen MR) is 108 cm³/mol. The Morgan fingerprint density at radius 1 is 1.37 bits per heavy atom. The van der Waals surface area contributed by atoms with E-state index >= 15 is 0 Å². The molecule has 0 aromatic heterocycles. The number of carbonyl (C=O) groups excluding carboxylic acids is 1. The third kappa shape index (κ3) is 5.83. The Morgan fingerprint density at radius 2 is 2.11 bits per heavy atom. The molecule has 0 aliphatic carbocycles. The van der Waals surface area contributed by atoms with Crippen LogP contribution in [0.3, 0.4) is 0 Å². The number of carbonyl (C=O) groups is 1. The van der Waals surface area contributed by atoms with E-state index in [0.29, 0.717) is 13.2 Å². The van der Waals surface area contributed by atoms with Crippen LogP contribution in [0.15, 0.2) is 48.1 Å². The molecule has 0 saturated heterocycles. The molecule has 146 valence electrons. The molecule has 27 heavy (non-hydrogen) atoms. The summed E-state index contributed by atoms with van der Waals surface area (Å²) < 4.78 is 11.0. The fourth-order valence-corrected chi connectivity index (χ4v) is 2.90. The lowest BCUT2D eigenvalue weighted by Gasteiger charge is -2.18. The van der Waals surface area contributed by atoms with Crippen LogP contribution in [-0.2, 0) is 9.53 Å². The zero-order chi connectivity index (χ0) is 20.0. The van der Waals surface area contributed by atoms with Crippen LogP contribution in [0.4, 0.5) is 0 Å². The van der Waals surface area contributed by atoms with Crippen molar-refractivity contribution in [1.82, 2.24) is 0 Å². The number of benzene rings is 1. The number of aliphatic hydroxyl groups excluding tert-OH is 1. The largest absolute Gasteiger partial charge is 0.492 e. The Balaban J connectivity index is 2.45. The van der Waals surface area contributed by atoms with Gasteiger partial charge >= 0.3 is 5.97 Å². The highest BCUT2D eigenvalue weighted by Crippen LogP contribution is 2.37. The van der Waals surface area contributed by atoms with Gasteiger partial charge in [0.05, 0.1) is 19.3 Å². The number of esters is 1. The molecule has 4 nitrogen and oxygen atoms in total. The van der Waals surface area contributed by atoms with Crippen LogP contribution < -0.4 is 4.74 Å². The third-order valence-electron chi connectivity index (χ3n) is 4.42. The molecular formula is C23H30O4. The molecule has 1 heterocycles. The van der Waals surface area contributed by atoms with Gasteiger partial charge < -0.3 is 14.6 Å². The van der Waals surface area contributed by atoms with Crippen LogP contribution in [0.1, 0.15) is 58.3 Å². The minimum absolute atomic E-state index is 0.138. The Labute approximate surface area is 162 Å². The number of allylic oxidation sites excluding steroid dienone is 4. The van der Waals surface area contributed by atoms with E-state index < -0.39 is 6.10 Å². The molecule has 0 amide bonds. The van der Waals surface area contributed by atoms with Crippen molar-refractivity contribution in [3.8, 4) is 5.75 Å². The van der Waals surface area contributed by atoms with Crippen LogP contribution in [-0.4, -0.2) is 24.3 Å². The van der Waals surface area contributed by atoms with Crippen LogP contribution in [0.25, 0.3) is 5.57 Å². The lowest BCUT2D eigenvalue weighted by Crippen LogP contribution is -2.17. The van der Waals surface area contributed by atoms with Crippen molar-refractivity contribution in [1.29, 1.82) is 0 Å². The minimum atomic E-state index is -0.549. The maximum absolute atomic E-state index is 11.7. The van der Waals surface area contributed by atoms with E-state index in [2.05, 4.69) is 19.9 Å². The van der Waals surface area contributed by atoms with Gasteiger partial charge in [0, 0.05) is 17.1 Å². The summed E-state index contributed by atoms with van der Waals surface area (Å²) in [5.74, 6) is 0.475. The van der Waals surface area contributed by atoms with Gasteiger partial charge in [-0.05, 0) is 49.1 Å². The number of rotatable bonds is 6. The molecule has 0 spiro atoms. The summed E-state index contributed by atoms with van der Waals surface area (Å²) in [5, 5.41) is 9.95. The first kappa shape index (κ1) is 21.0. The average molecular weight is 370 g/mol. The van der Waals surface area contributed by atoms with Gasteiger partial charge in [-0.15, -0.1) is 0 Å². The van der Waals surface area contributed by atoms with Crippen molar-refractivity contribution < 1.29 is 19.4 Å². The van der Waals surface area contributed by atoms with E-state index in [1.54, 1.807) is 13.8 Å². The first-order chi connectivity index (χ1) is 12.8. The van der Waals surface area contributed by atoms with Crippen molar-refractivity contribution >= 4 is 11.5 Å². The maximum atomic E-state index is 11.7. The normalized spacial score (nSPS) is 17.6. The molecule has 4 heteroatoms. The molecular weight excluding hydrogens is 340 g/mol. The molecule has 1 aromatic carbocycles. The fourth-order valence-electron chi connectivity index (χ4n) is 2.90. The Morgan fingerprint density at radius 3 is 2.74 bits per heavy atom. The van der Waals surface area contributed by atoms with Crippen LogP contribution in [0, 0.1) is 5.41 Å². The van der Waals surface area contributed by atoms with E-state index in [-0.39, 0.29) is 11.4 Å².